The highest BCUT2D eigenvalue weighted by Crippen LogP contribution is 2.34. The minimum Gasteiger partial charge on any atom is -0.319 e. The lowest BCUT2D eigenvalue weighted by molar-refractivity contribution is -0.509. The lowest BCUT2D eigenvalue weighted by Gasteiger charge is -2.14. The molecule has 0 saturated carbocycles. The lowest BCUT2D eigenvalue weighted by atomic mass is 10.1. The van der Waals surface area contributed by atoms with Gasteiger partial charge in [0.2, 0.25) is 5.71 Å². The summed E-state index contributed by atoms with van der Waals surface area (Å²) in [5.74, 6) is -1.25. The Balaban J connectivity index is 2.04. The zero-order valence-corrected chi connectivity index (χ0v) is 18.2. The molecule has 1 amide bonds. The molecule has 1 atom stereocenters. The number of nitro groups is 2. The van der Waals surface area contributed by atoms with Crippen molar-refractivity contribution in [2.45, 2.75) is 12.2 Å². The number of hydrogen-bond acceptors (Lipinski definition) is 9. The van der Waals surface area contributed by atoms with E-state index in [-0.39, 0.29) is 21.7 Å². The van der Waals surface area contributed by atoms with Crippen LogP contribution in [-0.2, 0) is 11.0 Å². The van der Waals surface area contributed by atoms with E-state index in [4.69, 9.17) is 11.6 Å². The number of nitrogens with zero attached hydrogens (tertiary/aromatic N) is 5. The fourth-order valence-corrected chi connectivity index (χ4v) is 3.11. The van der Waals surface area contributed by atoms with Crippen LogP contribution in [0.4, 0.5) is 24.5 Å². The number of hydrogen-bond donors (Lipinski definition) is 2. The second-order valence-corrected chi connectivity index (χ2v) is 7.19. The monoisotopic (exact) mass is 511 g/mol. The zero-order valence-electron chi connectivity index (χ0n) is 17.4. The van der Waals surface area contributed by atoms with Gasteiger partial charge >= 0.3 is 12.2 Å². The van der Waals surface area contributed by atoms with E-state index in [1.54, 1.807) is 0 Å². The number of hydrazone groups is 1. The Bertz CT molecular complexity index is 1370. The first-order valence-corrected chi connectivity index (χ1v) is 9.77. The molecule has 0 bridgehead atoms. The van der Waals surface area contributed by atoms with Gasteiger partial charge in [0, 0.05) is 24.1 Å². The maximum Gasteiger partial charge on any atom is 0.416 e. The molecule has 0 saturated heterocycles. The van der Waals surface area contributed by atoms with Crippen molar-refractivity contribution in [3.8, 4) is 0 Å². The highest BCUT2D eigenvalue weighted by Gasteiger charge is 2.38. The van der Waals surface area contributed by atoms with E-state index >= 15 is 0 Å². The van der Waals surface area contributed by atoms with Crippen LogP contribution in [-0.4, -0.2) is 38.5 Å². The summed E-state index contributed by atoms with van der Waals surface area (Å²) in [7, 11) is 1.23. The van der Waals surface area contributed by atoms with Crippen LogP contribution in [0.1, 0.15) is 17.3 Å². The molecule has 12 nitrogen and oxygen atoms in total. The van der Waals surface area contributed by atoms with Crippen molar-refractivity contribution < 1.29 is 27.8 Å². The molecule has 35 heavy (non-hydrogen) atoms. The maximum absolute atomic E-state index is 13.0. The van der Waals surface area contributed by atoms with Crippen LogP contribution in [0.3, 0.4) is 0 Å². The number of aromatic nitrogens is 2. The molecule has 0 aliphatic carbocycles. The van der Waals surface area contributed by atoms with Gasteiger partial charge in [0.15, 0.2) is 0 Å². The summed E-state index contributed by atoms with van der Waals surface area (Å²) in [5, 5.41) is 28.4. The van der Waals surface area contributed by atoms with Crippen LogP contribution in [0.15, 0.2) is 47.7 Å². The number of non-ortho nitro benzene ring substituents is 1. The molecule has 0 spiro atoms. The molecule has 2 aromatic carbocycles. The first-order valence-electron chi connectivity index (χ1n) is 9.39. The topological polar surface area (TPSA) is 166 Å². The van der Waals surface area contributed by atoms with Crippen molar-refractivity contribution in [3.63, 3.8) is 0 Å². The Labute approximate surface area is 198 Å². The normalized spacial score (nSPS) is 12.8. The molecule has 3 aromatic rings. The van der Waals surface area contributed by atoms with E-state index in [0.717, 1.165) is 18.3 Å². The first-order chi connectivity index (χ1) is 16.4. The maximum atomic E-state index is 13.0. The van der Waals surface area contributed by atoms with Crippen molar-refractivity contribution in [2.75, 3.05) is 12.4 Å². The molecule has 1 heterocycles. The highest BCUT2D eigenvalue weighted by molar-refractivity contribution is 6.45. The van der Waals surface area contributed by atoms with E-state index < -0.39 is 50.6 Å². The van der Waals surface area contributed by atoms with Gasteiger partial charge in [-0.05, 0) is 24.3 Å². The quantitative estimate of drug-likeness (QED) is 0.275. The second kappa shape index (κ2) is 9.84. The predicted molar refractivity (Wildman–Crippen MR) is 118 cm³/mol. The number of benzene rings is 2. The number of carbonyl (C=O) groups is 1. The van der Waals surface area contributed by atoms with Crippen LogP contribution >= 0.6 is 11.6 Å². The third-order valence-corrected chi connectivity index (χ3v) is 4.84. The molecule has 0 aliphatic heterocycles. The lowest BCUT2D eigenvalue weighted by Crippen LogP contribution is -2.34. The largest absolute Gasteiger partial charge is 0.416 e. The van der Waals surface area contributed by atoms with Gasteiger partial charge in [-0.3, -0.25) is 30.0 Å². The minimum absolute atomic E-state index is 0.0614. The second-order valence-electron chi connectivity index (χ2n) is 6.78. The van der Waals surface area contributed by atoms with Crippen molar-refractivity contribution in [3.05, 3.63) is 79.1 Å². The number of halogens is 4. The van der Waals surface area contributed by atoms with E-state index in [1.165, 1.54) is 19.2 Å². The molecule has 0 radical (unpaired) electrons. The number of alkyl halides is 3. The van der Waals surface area contributed by atoms with E-state index in [1.807, 2.05) is 0 Å². The Kier molecular flexibility index (Phi) is 7.09. The van der Waals surface area contributed by atoms with Crippen LogP contribution in [0.25, 0.3) is 11.0 Å². The SMILES string of the molecule is CN/N=C(/C(=O)Nc1cc(C(F)(F)F)ccc1Cl)[C@H](c1cnc2ccc([N+](=O)[O-])cc2n1)[N+](=O)[O-]. The average Bonchev–Trinajstić information content (AvgIpc) is 2.78. The van der Waals surface area contributed by atoms with Crippen LogP contribution < -0.4 is 10.7 Å². The summed E-state index contributed by atoms with van der Waals surface area (Å²) >= 11 is 5.89. The smallest absolute Gasteiger partial charge is 0.319 e. The van der Waals surface area contributed by atoms with Crippen molar-refractivity contribution in [1.82, 2.24) is 15.4 Å². The molecule has 16 heteroatoms. The van der Waals surface area contributed by atoms with Crippen LogP contribution in [0.5, 0.6) is 0 Å². The summed E-state index contributed by atoms with van der Waals surface area (Å²) in [6.45, 7) is 0. The van der Waals surface area contributed by atoms with E-state index in [9.17, 15) is 38.2 Å². The average molecular weight is 512 g/mol. The van der Waals surface area contributed by atoms with Crippen molar-refractivity contribution in [1.29, 1.82) is 0 Å². The molecule has 182 valence electrons. The van der Waals surface area contributed by atoms with Gasteiger partial charge in [0.25, 0.3) is 11.6 Å². The summed E-state index contributed by atoms with van der Waals surface area (Å²) in [4.78, 5) is 42.2. The molecular formula is C19H13ClF3N7O5. The molecule has 0 unspecified atom stereocenters. The van der Waals surface area contributed by atoms with Crippen molar-refractivity contribution >= 4 is 45.6 Å². The number of anilines is 1. The summed E-state index contributed by atoms with van der Waals surface area (Å²) in [5.41, 5.74) is -0.756. The summed E-state index contributed by atoms with van der Waals surface area (Å²) in [6.07, 6.45) is -3.75. The van der Waals surface area contributed by atoms with Gasteiger partial charge in [0.05, 0.1) is 38.4 Å². The third-order valence-electron chi connectivity index (χ3n) is 4.51. The number of amides is 1. The first kappa shape index (κ1) is 25.2. The zero-order chi connectivity index (χ0) is 25.9. The van der Waals surface area contributed by atoms with Gasteiger partial charge in [0.1, 0.15) is 5.69 Å². The number of nitrogens with one attached hydrogen (secondary N) is 2. The molecule has 0 aliphatic rings. The van der Waals surface area contributed by atoms with Gasteiger partial charge in [-0.15, -0.1) is 0 Å². The summed E-state index contributed by atoms with van der Waals surface area (Å²) < 4.78 is 39.1. The molecule has 3 rings (SSSR count). The fourth-order valence-electron chi connectivity index (χ4n) is 2.95. The van der Waals surface area contributed by atoms with Crippen molar-refractivity contribution in [2.24, 2.45) is 5.10 Å². The Hall–Kier alpha value is -4.40. The number of nitro benzene ring substituents is 1. The molecular weight excluding hydrogens is 499 g/mol. The van der Waals surface area contributed by atoms with Crippen LogP contribution in [0.2, 0.25) is 5.02 Å². The Morgan fingerprint density at radius 2 is 1.86 bits per heavy atom. The highest BCUT2D eigenvalue weighted by atomic mass is 35.5. The van der Waals surface area contributed by atoms with Crippen LogP contribution in [0, 0.1) is 20.2 Å². The number of carbonyl (C=O) groups excluding carboxylic acids is 1. The number of fused-ring (bicyclic) bond motifs is 1. The fraction of sp³-hybridized carbons (Fsp3) is 0.158. The van der Waals surface area contributed by atoms with Gasteiger partial charge < -0.3 is 10.7 Å². The minimum atomic E-state index is -4.74. The predicted octanol–water partition coefficient (Wildman–Crippen LogP) is 3.74. The summed E-state index contributed by atoms with van der Waals surface area (Å²) in [6, 6.07) is 3.63. The van der Waals surface area contributed by atoms with Gasteiger partial charge in [-0.1, -0.05) is 11.6 Å². The number of rotatable bonds is 7. The van der Waals surface area contributed by atoms with Gasteiger partial charge in [-0.25, -0.2) is 4.98 Å². The standard InChI is InChI=1S/C19H13ClF3N7O5/c1-24-28-16(18(31)27-13-6-9(19(21,22)23)2-4-11(13)20)17(30(34)35)15-8-25-12-5-3-10(29(32)33)7-14(12)26-15/h2-8,17,24H,1H3,(H,27,31)/b28-16+/t17-/m0/s1. The van der Waals surface area contributed by atoms with Gasteiger partial charge in [-0.2, -0.15) is 18.3 Å². The van der Waals surface area contributed by atoms with E-state index in [2.05, 4.69) is 25.8 Å². The molecule has 0 fully saturated rings. The van der Waals surface area contributed by atoms with E-state index in [0.29, 0.717) is 12.1 Å². The Morgan fingerprint density at radius 3 is 2.46 bits per heavy atom. The molecule has 2 N–H and O–H groups in total. The molecule has 1 aromatic heterocycles. The third kappa shape index (κ3) is 5.57. The Morgan fingerprint density at radius 1 is 1.14 bits per heavy atom.